The number of ether oxygens (including phenoxy) is 2. The lowest BCUT2D eigenvalue weighted by Crippen LogP contribution is -2.16. The molecule has 33 heavy (non-hydrogen) atoms. The molecule has 3 aromatic heterocycles. The molecule has 0 radical (unpaired) electrons. The fourth-order valence-corrected chi connectivity index (χ4v) is 3.14. The maximum atomic E-state index is 12.4. The van der Waals surface area contributed by atoms with Crippen molar-refractivity contribution in [3.63, 3.8) is 0 Å². The van der Waals surface area contributed by atoms with Crippen LogP contribution in [-0.4, -0.2) is 36.7 Å². The average Bonchev–Trinajstić information content (AvgIpc) is 3.22. The SMILES string of the molecule is CCOC(=O)c1nn(-c2ccc([N+](=O)[O-])cc2)cc1OCc1cc(=O)n2ccc(C)cc2n1. The Kier molecular flexibility index (Phi) is 5.85. The van der Waals surface area contributed by atoms with Crippen LogP contribution in [-0.2, 0) is 11.3 Å². The zero-order valence-corrected chi connectivity index (χ0v) is 17.8. The van der Waals surface area contributed by atoms with Crippen LogP contribution in [0.3, 0.4) is 0 Å². The predicted octanol–water partition coefficient (Wildman–Crippen LogP) is 2.85. The van der Waals surface area contributed by atoms with E-state index in [0.717, 1.165) is 5.56 Å². The maximum absolute atomic E-state index is 12.4. The van der Waals surface area contributed by atoms with Gasteiger partial charge in [0.15, 0.2) is 5.75 Å². The highest BCUT2D eigenvalue weighted by atomic mass is 16.6. The van der Waals surface area contributed by atoms with E-state index in [1.807, 2.05) is 13.0 Å². The first kappa shape index (κ1) is 21.7. The molecule has 168 valence electrons. The molecule has 11 heteroatoms. The lowest BCUT2D eigenvalue weighted by molar-refractivity contribution is -0.384. The van der Waals surface area contributed by atoms with E-state index in [2.05, 4.69) is 10.1 Å². The molecule has 0 atom stereocenters. The normalized spacial score (nSPS) is 10.8. The van der Waals surface area contributed by atoms with Crippen LogP contribution < -0.4 is 10.3 Å². The number of non-ortho nitro benzene ring substituents is 1. The molecule has 0 aliphatic rings. The number of aryl methyl sites for hydroxylation is 1. The van der Waals surface area contributed by atoms with Crippen molar-refractivity contribution >= 4 is 17.3 Å². The summed E-state index contributed by atoms with van der Waals surface area (Å²) in [6.45, 7) is 3.62. The monoisotopic (exact) mass is 449 g/mol. The summed E-state index contributed by atoms with van der Waals surface area (Å²) < 4.78 is 13.6. The van der Waals surface area contributed by atoms with Crippen molar-refractivity contribution in [2.45, 2.75) is 20.5 Å². The van der Waals surface area contributed by atoms with Gasteiger partial charge >= 0.3 is 5.97 Å². The van der Waals surface area contributed by atoms with E-state index in [9.17, 15) is 19.7 Å². The lowest BCUT2D eigenvalue weighted by atomic mass is 10.3. The van der Waals surface area contributed by atoms with Gasteiger partial charge in [0.25, 0.3) is 11.2 Å². The second-order valence-corrected chi connectivity index (χ2v) is 7.09. The molecule has 1 aromatic carbocycles. The number of aromatic nitrogens is 4. The van der Waals surface area contributed by atoms with Gasteiger partial charge in [0.1, 0.15) is 12.3 Å². The van der Waals surface area contributed by atoms with Crippen molar-refractivity contribution in [2.75, 3.05) is 6.61 Å². The Hall–Kier alpha value is -4.54. The number of hydrogen-bond acceptors (Lipinski definition) is 8. The van der Waals surface area contributed by atoms with E-state index in [4.69, 9.17) is 9.47 Å². The van der Waals surface area contributed by atoms with Crippen LogP contribution >= 0.6 is 0 Å². The molecule has 3 heterocycles. The molecule has 4 rings (SSSR count). The van der Waals surface area contributed by atoms with Crippen LogP contribution in [0.5, 0.6) is 5.75 Å². The Balaban J connectivity index is 1.65. The van der Waals surface area contributed by atoms with Crippen LogP contribution in [0.2, 0.25) is 0 Å². The Morgan fingerprint density at radius 2 is 1.94 bits per heavy atom. The minimum Gasteiger partial charge on any atom is -0.483 e. The van der Waals surface area contributed by atoms with Crippen molar-refractivity contribution in [2.24, 2.45) is 0 Å². The maximum Gasteiger partial charge on any atom is 0.362 e. The standard InChI is InChI=1S/C22H19N5O6/c1-3-32-22(29)21-18(12-26(24-21)16-4-6-17(7-5-16)27(30)31)33-13-15-11-20(28)25-9-8-14(2)10-19(25)23-15/h4-12H,3,13H2,1-2H3. The van der Waals surface area contributed by atoms with Crippen molar-refractivity contribution in [3.05, 3.63) is 92.3 Å². The first-order chi connectivity index (χ1) is 15.9. The number of carbonyl (C=O) groups excluding carboxylic acids is 1. The summed E-state index contributed by atoms with van der Waals surface area (Å²) in [6, 6.07) is 10.6. The third-order valence-electron chi connectivity index (χ3n) is 4.73. The Morgan fingerprint density at radius 3 is 2.64 bits per heavy atom. The summed E-state index contributed by atoms with van der Waals surface area (Å²) in [5, 5.41) is 15.1. The Bertz CT molecular complexity index is 1410. The molecule has 0 N–H and O–H groups in total. The van der Waals surface area contributed by atoms with Crippen LogP contribution in [0.4, 0.5) is 5.69 Å². The molecule has 0 amide bonds. The highest BCUT2D eigenvalue weighted by Crippen LogP contribution is 2.23. The number of carbonyl (C=O) groups is 1. The van der Waals surface area contributed by atoms with Gasteiger partial charge in [0, 0.05) is 24.4 Å². The van der Waals surface area contributed by atoms with E-state index in [0.29, 0.717) is 17.0 Å². The molecule has 0 spiro atoms. The predicted molar refractivity (Wildman–Crippen MR) is 117 cm³/mol. The number of nitro groups is 1. The molecule has 4 aromatic rings. The Labute approximate surface area is 187 Å². The van der Waals surface area contributed by atoms with Crippen LogP contribution in [0.1, 0.15) is 28.7 Å². The number of nitrogens with zero attached hydrogens (tertiary/aromatic N) is 5. The number of fused-ring (bicyclic) bond motifs is 1. The first-order valence-electron chi connectivity index (χ1n) is 9.99. The smallest absolute Gasteiger partial charge is 0.362 e. The zero-order valence-electron chi connectivity index (χ0n) is 17.8. The van der Waals surface area contributed by atoms with Gasteiger partial charge in [-0.1, -0.05) is 0 Å². The second-order valence-electron chi connectivity index (χ2n) is 7.09. The molecular formula is C22H19N5O6. The fraction of sp³-hybridized carbons (Fsp3) is 0.182. The third-order valence-corrected chi connectivity index (χ3v) is 4.73. The van der Waals surface area contributed by atoms with E-state index in [1.54, 1.807) is 19.2 Å². The topological polar surface area (TPSA) is 131 Å². The van der Waals surface area contributed by atoms with Gasteiger partial charge in [-0.15, -0.1) is 0 Å². The molecule has 0 fully saturated rings. The van der Waals surface area contributed by atoms with Crippen molar-refractivity contribution in [3.8, 4) is 11.4 Å². The van der Waals surface area contributed by atoms with E-state index in [1.165, 1.54) is 45.6 Å². The van der Waals surface area contributed by atoms with E-state index in [-0.39, 0.29) is 35.9 Å². The lowest BCUT2D eigenvalue weighted by Gasteiger charge is -2.07. The van der Waals surface area contributed by atoms with Gasteiger partial charge in [-0.25, -0.2) is 14.5 Å². The summed E-state index contributed by atoms with van der Waals surface area (Å²) in [4.78, 5) is 39.6. The molecule has 0 unspecified atom stereocenters. The van der Waals surface area contributed by atoms with Crippen molar-refractivity contribution in [1.29, 1.82) is 0 Å². The summed E-state index contributed by atoms with van der Waals surface area (Å²) in [5.74, 6) is -0.562. The summed E-state index contributed by atoms with van der Waals surface area (Å²) >= 11 is 0. The van der Waals surface area contributed by atoms with Gasteiger partial charge in [0.2, 0.25) is 5.69 Å². The van der Waals surface area contributed by atoms with Gasteiger partial charge in [-0.05, 0) is 43.7 Å². The molecule has 0 aliphatic heterocycles. The number of nitro benzene ring substituents is 1. The summed E-state index contributed by atoms with van der Waals surface area (Å²) in [6.07, 6.45) is 3.11. The molecule has 0 saturated heterocycles. The second kappa shape index (κ2) is 8.91. The number of rotatable bonds is 7. The van der Waals surface area contributed by atoms with E-state index >= 15 is 0 Å². The largest absolute Gasteiger partial charge is 0.483 e. The first-order valence-corrected chi connectivity index (χ1v) is 9.99. The van der Waals surface area contributed by atoms with Gasteiger partial charge in [0.05, 0.1) is 29.1 Å². The summed E-state index contributed by atoms with van der Waals surface area (Å²) in [7, 11) is 0. The number of benzene rings is 1. The van der Waals surface area contributed by atoms with Gasteiger partial charge in [-0.2, -0.15) is 5.10 Å². The highest BCUT2D eigenvalue weighted by Gasteiger charge is 2.21. The molecule has 0 aliphatic carbocycles. The fourth-order valence-electron chi connectivity index (χ4n) is 3.14. The minimum absolute atomic E-state index is 0.0661. The van der Waals surface area contributed by atoms with Gasteiger partial charge < -0.3 is 9.47 Å². The minimum atomic E-state index is -0.685. The highest BCUT2D eigenvalue weighted by molar-refractivity contribution is 5.90. The summed E-state index contributed by atoms with van der Waals surface area (Å²) in [5.41, 5.74) is 1.90. The zero-order chi connectivity index (χ0) is 23.5. The average molecular weight is 449 g/mol. The Morgan fingerprint density at radius 1 is 1.18 bits per heavy atom. The number of hydrogen-bond donors (Lipinski definition) is 0. The van der Waals surface area contributed by atoms with E-state index < -0.39 is 10.9 Å². The molecule has 11 nitrogen and oxygen atoms in total. The molecular weight excluding hydrogens is 430 g/mol. The van der Waals surface area contributed by atoms with Crippen LogP contribution in [0, 0.1) is 17.0 Å². The van der Waals surface area contributed by atoms with Crippen molar-refractivity contribution < 1.29 is 19.2 Å². The van der Waals surface area contributed by atoms with Crippen LogP contribution in [0.25, 0.3) is 11.3 Å². The van der Waals surface area contributed by atoms with Crippen LogP contribution in [0.15, 0.2) is 59.7 Å². The number of esters is 1. The quantitative estimate of drug-likeness (QED) is 0.239. The molecule has 0 bridgehead atoms. The number of pyridine rings is 1. The third kappa shape index (κ3) is 4.56. The van der Waals surface area contributed by atoms with Crippen molar-refractivity contribution in [1.82, 2.24) is 19.2 Å². The van der Waals surface area contributed by atoms with Gasteiger partial charge in [-0.3, -0.25) is 19.3 Å². The molecule has 0 saturated carbocycles.